The number of cyclic esters (lactones) is 1. The van der Waals surface area contributed by atoms with Crippen LogP contribution in [0.5, 0.6) is 5.75 Å². The monoisotopic (exact) mass is 286 g/mol. The minimum absolute atomic E-state index is 0.127. The lowest BCUT2D eigenvalue weighted by molar-refractivity contribution is -0.385. The number of benzene rings is 1. The molecule has 0 bridgehead atoms. The first-order valence-corrected chi connectivity index (χ1v) is 5.94. The number of hydrogen-bond acceptors (Lipinski definition) is 5. The molecule has 7 nitrogen and oxygen atoms in total. The summed E-state index contributed by atoms with van der Waals surface area (Å²) in [6.07, 6.45) is -0.394. The van der Waals surface area contributed by atoms with E-state index in [2.05, 4.69) is 0 Å². The highest BCUT2D eigenvalue weighted by Crippen LogP contribution is 2.29. The molecule has 1 aromatic carbocycles. The van der Waals surface area contributed by atoms with Gasteiger partial charge in [0, 0.05) is 11.1 Å². The first-order chi connectivity index (χ1) is 9.08. The summed E-state index contributed by atoms with van der Waals surface area (Å²) < 4.78 is 10.1. The molecule has 0 saturated carbocycles. The Morgan fingerprint density at radius 3 is 2.95 bits per heavy atom. The summed E-state index contributed by atoms with van der Waals surface area (Å²) >= 11 is 5.69. The van der Waals surface area contributed by atoms with Crippen LogP contribution >= 0.6 is 11.6 Å². The van der Waals surface area contributed by atoms with Crippen LogP contribution in [0.4, 0.5) is 10.5 Å². The average molecular weight is 287 g/mol. The molecule has 0 N–H and O–H groups in total. The van der Waals surface area contributed by atoms with E-state index in [1.54, 1.807) is 0 Å². The van der Waals surface area contributed by atoms with Crippen molar-refractivity contribution in [2.45, 2.75) is 0 Å². The zero-order chi connectivity index (χ0) is 13.8. The molecule has 1 fully saturated rings. The Morgan fingerprint density at radius 2 is 2.32 bits per heavy atom. The highest BCUT2D eigenvalue weighted by atomic mass is 35.5. The minimum Gasteiger partial charge on any atom is -0.485 e. The van der Waals surface area contributed by atoms with Crippen LogP contribution in [0.15, 0.2) is 18.2 Å². The van der Waals surface area contributed by atoms with E-state index in [0.717, 1.165) is 0 Å². The number of nitrogens with zero attached hydrogens (tertiary/aromatic N) is 2. The average Bonchev–Trinajstić information content (AvgIpc) is 2.77. The molecule has 0 radical (unpaired) electrons. The number of carbonyl (C=O) groups excluding carboxylic acids is 1. The van der Waals surface area contributed by atoms with Gasteiger partial charge in [-0.05, 0) is 12.1 Å². The fourth-order valence-corrected chi connectivity index (χ4v) is 1.82. The number of carbonyl (C=O) groups is 1. The molecular formula is C11H11ClN2O5. The van der Waals surface area contributed by atoms with E-state index >= 15 is 0 Å². The number of nitro groups is 1. The minimum atomic E-state index is -0.564. The van der Waals surface area contributed by atoms with Gasteiger partial charge in [0.1, 0.15) is 13.2 Å². The van der Waals surface area contributed by atoms with Gasteiger partial charge in [-0.1, -0.05) is 11.6 Å². The van der Waals surface area contributed by atoms with Gasteiger partial charge in [-0.25, -0.2) is 4.79 Å². The number of nitro benzene ring substituents is 1. The Hall–Kier alpha value is -2.02. The summed E-state index contributed by atoms with van der Waals surface area (Å²) in [5.41, 5.74) is -0.198. The van der Waals surface area contributed by atoms with E-state index in [-0.39, 0.29) is 23.1 Å². The second-order valence-electron chi connectivity index (χ2n) is 3.82. The molecule has 1 aliphatic heterocycles. The zero-order valence-corrected chi connectivity index (χ0v) is 10.6. The second kappa shape index (κ2) is 5.75. The van der Waals surface area contributed by atoms with Gasteiger partial charge in [-0.2, -0.15) is 0 Å². The molecule has 19 heavy (non-hydrogen) atoms. The van der Waals surface area contributed by atoms with Crippen molar-refractivity contribution < 1.29 is 19.2 Å². The van der Waals surface area contributed by atoms with Crippen LogP contribution in [0.3, 0.4) is 0 Å². The fraction of sp³-hybridized carbons (Fsp3) is 0.364. The lowest BCUT2D eigenvalue weighted by Crippen LogP contribution is -2.29. The number of hydrogen-bond donors (Lipinski definition) is 0. The van der Waals surface area contributed by atoms with Gasteiger partial charge < -0.3 is 14.4 Å². The van der Waals surface area contributed by atoms with Crippen LogP contribution in [0.2, 0.25) is 5.02 Å². The number of ether oxygens (including phenoxy) is 2. The topological polar surface area (TPSA) is 81.9 Å². The number of amides is 1. The van der Waals surface area contributed by atoms with Gasteiger partial charge in [0.2, 0.25) is 0 Å². The summed E-state index contributed by atoms with van der Waals surface area (Å²) in [6.45, 7) is 1.33. The third-order valence-electron chi connectivity index (χ3n) is 2.58. The van der Waals surface area contributed by atoms with Crippen molar-refractivity contribution in [3.63, 3.8) is 0 Å². The fourth-order valence-electron chi connectivity index (χ4n) is 1.65. The first-order valence-electron chi connectivity index (χ1n) is 5.56. The van der Waals surface area contributed by atoms with Crippen molar-refractivity contribution in [3.8, 4) is 5.75 Å². The molecule has 1 heterocycles. The molecule has 1 saturated heterocycles. The zero-order valence-electron chi connectivity index (χ0n) is 9.87. The molecule has 1 aromatic rings. The molecule has 0 aliphatic carbocycles. The van der Waals surface area contributed by atoms with E-state index in [1.807, 2.05) is 0 Å². The van der Waals surface area contributed by atoms with E-state index in [1.165, 1.54) is 23.1 Å². The maximum Gasteiger partial charge on any atom is 0.410 e. The summed E-state index contributed by atoms with van der Waals surface area (Å²) in [5.74, 6) is 0.127. The summed E-state index contributed by atoms with van der Waals surface area (Å²) in [5, 5.41) is 11.1. The van der Waals surface area contributed by atoms with E-state index in [0.29, 0.717) is 19.7 Å². The van der Waals surface area contributed by atoms with Gasteiger partial charge in [0.05, 0.1) is 18.0 Å². The third-order valence-corrected chi connectivity index (χ3v) is 2.82. The number of rotatable bonds is 5. The van der Waals surface area contributed by atoms with Crippen molar-refractivity contribution in [1.29, 1.82) is 0 Å². The van der Waals surface area contributed by atoms with Crippen LogP contribution in [-0.4, -0.2) is 42.2 Å². The molecule has 2 rings (SSSR count). The van der Waals surface area contributed by atoms with Gasteiger partial charge in [-0.3, -0.25) is 10.1 Å². The number of halogens is 1. The predicted octanol–water partition coefficient (Wildman–Crippen LogP) is 2.08. The van der Waals surface area contributed by atoms with Gasteiger partial charge in [0.25, 0.3) is 0 Å². The van der Waals surface area contributed by atoms with Crippen LogP contribution in [0.1, 0.15) is 0 Å². The normalized spacial score (nSPS) is 14.4. The lowest BCUT2D eigenvalue weighted by Gasteiger charge is -2.13. The van der Waals surface area contributed by atoms with Crippen LogP contribution in [0.25, 0.3) is 0 Å². The molecule has 0 spiro atoms. The quantitative estimate of drug-likeness (QED) is 0.611. The second-order valence-corrected chi connectivity index (χ2v) is 4.26. The van der Waals surface area contributed by atoms with Crippen molar-refractivity contribution in [2.75, 3.05) is 26.3 Å². The SMILES string of the molecule is O=C1OCCN1CCOc1ccc(Cl)cc1[N+](=O)[O-]. The van der Waals surface area contributed by atoms with Crippen molar-refractivity contribution in [2.24, 2.45) is 0 Å². The molecule has 0 unspecified atom stereocenters. The maximum absolute atomic E-state index is 11.2. The van der Waals surface area contributed by atoms with Crippen molar-refractivity contribution >= 4 is 23.4 Å². The first kappa shape index (κ1) is 13.4. The summed E-state index contributed by atoms with van der Waals surface area (Å²) in [6, 6.07) is 4.16. The third kappa shape index (κ3) is 3.25. The predicted molar refractivity (Wildman–Crippen MR) is 66.5 cm³/mol. The van der Waals surface area contributed by atoms with Crippen LogP contribution in [-0.2, 0) is 4.74 Å². The highest BCUT2D eigenvalue weighted by Gasteiger charge is 2.22. The van der Waals surface area contributed by atoms with Crippen LogP contribution in [0, 0.1) is 10.1 Å². The lowest BCUT2D eigenvalue weighted by atomic mass is 10.3. The Labute approximate surface area is 113 Å². The Morgan fingerprint density at radius 1 is 1.53 bits per heavy atom. The van der Waals surface area contributed by atoms with Gasteiger partial charge in [0.15, 0.2) is 5.75 Å². The van der Waals surface area contributed by atoms with Crippen molar-refractivity contribution in [3.05, 3.63) is 33.3 Å². The van der Waals surface area contributed by atoms with E-state index in [4.69, 9.17) is 21.1 Å². The standard InChI is InChI=1S/C11H11ClN2O5/c12-8-1-2-10(9(7-8)14(16)17)18-5-3-13-4-6-19-11(13)15/h1-2,7H,3-6H2. The molecule has 1 amide bonds. The van der Waals surface area contributed by atoms with E-state index in [9.17, 15) is 14.9 Å². The highest BCUT2D eigenvalue weighted by molar-refractivity contribution is 6.30. The smallest absolute Gasteiger partial charge is 0.410 e. The Balaban J connectivity index is 1.95. The molecule has 1 aliphatic rings. The van der Waals surface area contributed by atoms with Gasteiger partial charge in [-0.15, -0.1) is 0 Å². The molecular weight excluding hydrogens is 276 g/mol. The Kier molecular flexibility index (Phi) is 4.06. The summed E-state index contributed by atoms with van der Waals surface area (Å²) in [4.78, 5) is 22.9. The van der Waals surface area contributed by atoms with Crippen LogP contribution < -0.4 is 4.74 Å². The molecule has 102 valence electrons. The Bertz CT molecular complexity index is 508. The maximum atomic E-state index is 11.2. The molecule has 0 atom stereocenters. The van der Waals surface area contributed by atoms with E-state index < -0.39 is 11.0 Å². The molecule has 8 heteroatoms. The largest absolute Gasteiger partial charge is 0.485 e. The van der Waals surface area contributed by atoms with Crippen molar-refractivity contribution in [1.82, 2.24) is 4.90 Å². The summed E-state index contributed by atoms with van der Waals surface area (Å²) in [7, 11) is 0. The molecule has 0 aromatic heterocycles. The van der Waals surface area contributed by atoms with Gasteiger partial charge >= 0.3 is 11.8 Å².